The number of nitrogens with one attached hydrogen (secondary N) is 1. The molecule has 0 aromatic carbocycles. The fourth-order valence-electron chi connectivity index (χ4n) is 3.62. The molecule has 2 rings (SSSR count). The first-order valence-corrected chi connectivity index (χ1v) is 6.01. The van der Waals surface area contributed by atoms with E-state index in [2.05, 4.69) is 12.2 Å². The Kier molecular flexibility index (Phi) is 2.65. The first-order chi connectivity index (χ1) is 6.73. The summed E-state index contributed by atoms with van der Waals surface area (Å²) >= 11 is 0. The van der Waals surface area contributed by atoms with E-state index in [1.807, 2.05) is 6.92 Å². The van der Waals surface area contributed by atoms with Crippen LogP contribution in [0.5, 0.6) is 0 Å². The Morgan fingerprint density at radius 3 is 2.64 bits per heavy atom. The van der Waals surface area contributed by atoms with Crippen LogP contribution in [0.3, 0.4) is 0 Å². The largest absolute Gasteiger partial charge is 0.305 e. The Hall–Kier alpha value is -0.370. The van der Waals surface area contributed by atoms with E-state index < -0.39 is 0 Å². The van der Waals surface area contributed by atoms with Crippen LogP contribution in [0.15, 0.2) is 0 Å². The maximum absolute atomic E-state index is 12.1. The molecule has 2 fully saturated rings. The van der Waals surface area contributed by atoms with E-state index in [-0.39, 0.29) is 5.54 Å². The van der Waals surface area contributed by atoms with Gasteiger partial charge in [-0.25, -0.2) is 0 Å². The highest BCUT2D eigenvalue weighted by Gasteiger charge is 2.53. The number of Topliss-reactive ketones (excluding diaryl/α,β-unsaturated/α-hetero) is 1. The van der Waals surface area contributed by atoms with E-state index in [0.29, 0.717) is 18.1 Å². The van der Waals surface area contributed by atoms with E-state index in [0.717, 1.165) is 18.9 Å². The molecular weight excluding hydrogens is 174 g/mol. The van der Waals surface area contributed by atoms with Crippen molar-refractivity contribution in [2.24, 2.45) is 11.8 Å². The summed E-state index contributed by atoms with van der Waals surface area (Å²) in [4.78, 5) is 12.1. The van der Waals surface area contributed by atoms with Crippen molar-refractivity contribution in [3.05, 3.63) is 0 Å². The van der Waals surface area contributed by atoms with Gasteiger partial charge in [0.05, 0.1) is 5.54 Å². The molecule has 2 heteroatoms. The summed E-state index contributed by atoms with van der Waals surface area (Å²) in [6.07, 6.45) is 5.71. The van der Waals surface area contributed by atoms with E-state index in [1.165, 1.54) is 19.3 Å². The zero-order chi connectivity index (χ0) is 10.2. The lowest BCUT2D eigenvalue weighted by molar-refractivity contribution is -0.127. The van der Waals surface area contributed by atoms with Crippen LogP contribution in [0, 0.1) is 11.8 Å². The first-order valence-electron chi connectivity index (χ1n) is 6.01. The third kappa shape index (κ3) is 1.31. The number of hydrogen-bond acceptors (Lipinski definition) is 2. The minimum absolute atomic E-state index is 0.119. The summed E-state index contributed by atoms with van der Waals surface area (Å²) < 4.78 is 0. The Bertz CT molecular complexity index is 238. The predicted octanol–water partition coefficient (Wildman–Crippen LogP) is 2.13. The van der Waals surface area contributed by atoms with Crippen LogP contribution in [0.1, 0.15) is 46.0 Å². The number of rotatable bonds is 4. The number of fused-ring (bicyclic) bond motifs is 2. The zero-order valence-corrected chi connectivity index (χ0v) is 9.31. The number of hydrogen-bond donors (Lipinski definition) is 1. The maximum Gasteiger partial charge on any atom is 0.152 e. The molecule has 0 heterocycles. The maximum atomic E-state index is 12.1. The highest BCUT2D eigenvalue weighted by atomic mass is 16.1. The molecule has 2 saturated carbocycles. The highest BCUT2D eigenvalue weighted by molar-refractivity contribution is 5.89. The molecule has 0 aromatic rings. The van der Waals surface area contributed by atoms with Crippen molar-refractivity contribution in [1.29, 1.82) is 0 Å². The molecule has 2 bridgehead atoms. The second-order valence-corrected chi connectivity index (χ2v) is 4.86. The van der Waals surface area contributed by atoms with Crippen molar-refractivity contribution in [1.82, 2.24) is 5.32 Å². The van der Waals surface area contributed by atoms with Gasteiger partial charge in [0.2, 0.25) is 0 Å². The number of carbonyl (C=O) groups excluding carboxylic acids is 1. The third-order valence-corrected chi connectivity index (χ3v) is 4.16. The second kappa shape index (κ2) is 3.65. The van der Waals surface area contributed by atoms with Crippen LogP contribution < -0.4 is 5.32 Å². The van der Waals surface area contributed by atoms with Crippen LogP contribution in [0.2, 0.25) is 0 Å². The quantitative estimate of drug-likeness (QED) is 0.744. The smallest absolute Gasteiger partial charge is 0.152 e. The Morgan fingerprint density at radius 2 is 2.21 bits per heavy atom. The summed E-state index contributed by atoms with van der Waals surface area (Å²) in [5, 5.41) is 3.49. The van der Waals surface area contributed by atoms with E-state index in [1.54, 1.807) is 0 Å². The standard InChI is InChI=1S/C12H21NO/c1-3-11(14)12(13-4-2)8-9-5-6-10(12)7-9/h9-10,13H,3-8H2,1-2H3/t9-,10+,12?/m1/s1. The molecule has 80 valence electrons. The summed E-state index contributed by atoms with van der Waals surface area (Å²) in [5.41, 5.74) is -0.119. The van der Waals surface area contributed by atoms with Gasteiger partial charge >= 0.3 is 0 Å². The molecule has 0 spiro atoms. The number of ketones is 1. The Balaban J connectivity index is 2.19. The van der Waals surface area contributed by atoms with Gasteiger partial charge in [-0.15, -0.1) is 0 Å². The number of likely N-dealkylation sites (N-methyl/N-ethyl adjacent to an activating group) is 1. The van der Waals surface area contributed by atoms with Crippen molar-refractivity contribution >= 4 is 5.78 Å². The lowest BCUT2D eigenvalue weighted by atomic mass is 9.77. The lowest BCUT2D eigenvalue weighted by Crippen LogP contribution is -2.55. The monoisotopic (exact) mass is 195 g/mol. The average Bonchev–Trinajstić information content (AvgIpc) is 2.77. The average molecular weight is 195 g/mol. The summed E-state index contributed by atoms with van der Waals surface area (Å²) in [7, 11) is 0. The Morgan fingerprint density at radius 1 is 1.43 bits per heavy atom. The van der Waals surface area contributed by atoms with Gasteiger partial charge in [-0.05, 0) is 37.6 Å². The van der Waals surface area contributed by atoms with Gasteiger partial charge in [-0.3, -0.25) is 4.79 Å². The SMILES string of the molecule is CCNC1(C(=O)CC)C[C@@H]2CC[C@H]1C2. The van der Waals surface area contributed by atoms with Gasteiger partial charge in [-0.2, -0.15) is 0 Å². The van der Waals surface area contributed by atoms with Crippen molar-refractivity contribution < 1.29 is 4.79 Å². The van der Waals surface area contributed by atoms with Crippen LogP contribution in [-0.4, -0.2) is 17.9 Å². The first kappa shape index (κ1) is 10.2. The molecule has 3 atom stereocenters. The van der Waals surface area contributed by atoms with Crippen molar-refractivity contribution in [2.45, 2.75) is 51.5 Å². The van der Waals surface area contributed by atoms with Gasteiger partial charge < -0.3 is 5.32 Å². The van der Waals surface area contributed by atoms with Gasteiger partial charge in [0, 0.05) is 6.42 Å². The molecule has 0 aliphatic heterocycles. The fourth-order valence-corrected chi connectivity index (χ4v) is 3.62. The molecule has 2 aliphatic carbocycles. The number of carbonyl (C=O) groups is 1. The van der Waals surface area contributed by atoms with Crippen molar-refractivity contribution in [3.63, 3.8) is 0 Å². The summed E-state index contributed by atoms with van der Waals surface area (Å²) in [6, 6.07) is 0. The molecule has 0 aromatic heterocycles. The second-order valence-electron chi connectivity index (χ2n) is 4.86. The lowest BCUT2D eigenvalue weighted by Gasteiger charge is -2.37. The van der Waals surface area contributed by atoms with Crippen molar-refractivity contribution in [2.75, 3.05) is 6.54 Å². The van der Waals surface area contributed by atoms with Crippen LogP contribution >= 0.6 is 0 Å². The minimum atomic E-state index is -0.119. The predicted molar refractivity (Wildman–Crippen MR) is 57.2 cm³/mol. The molecule has 0 saturated heterocycles. The van der Waals surface area contributed by atoms with Gasteiger partial charge in [0.15, 0.2) is 5.78 Å². The Labute approximate surface area is 86.5 Å². The third-order valence-electron chi connectivity index (χ3n) is 4.16. The topological polar surface area (TPSA) is 29.1 Å². The summed E-state index contributed by atoms with van der Waals surface area (Å²) in [6.45, 7) is 5.03. The van der Waals surface area contributed by atoms with Gasteiger partial charge in [0.1, 0.15) is 0 Å². The molecule has 0 radical (unpaired) electrons. The van der Waals surface area contributed by atoms with Gasteiger partial charge in [0.25, 0.3) is 0 Å². The van der Waals surface area contributed by atoms with Gasteiger partial charge in [-0.1, -0.05) is 20.3 Å². The molecular formula is C12H21NO. The van der Waals surface area contributed by atoms with Crippen LogP contribution in [0.25, 0.3) is 0 Å². The molecule has 1 unspecified atom stereocenters. The molecule has 1 N–H and O–H groups in total. The minimum Gasteiger partial charge on any atom is -0.305 e. The molecule has 2 aliphatic rings. The van der Waals surface area contributed by atoms with E-state index >= 15 is 0 Å². The molecule has 14 heavy (non-hydrogen) atoms. The fraction of sp³-hybridized carbons (Fsp3) is 0.917. The normalized spacial score (nSPS) is 40.4. The van der Waals surface area contributed by atoms with Crippen molar-refractivity contribution in [3.8, 4) is 0 Å². The summed E-state index contributed by atoms with van der Waals surface area (Å²) in [5.74, 6) is 1.92. The van der Waals surface area contributed by atoms with E-state index in [9.17, 15) is 4.79 Å². The molecule has 2 nitrogen and oxygen atoms in total. The zero-order valence-electron chi connectivity index (χ0n) is 9.31. The van der Waals surface area contributed by atoms with Crippen LogP contribution in [0.4, 0.5) is 0 Å². The van der Waals surface area contributed by atoms with Crippen LogP contribution in [-0.2, 0) is 4.79 Å². The molecule has 0 amide bonds. The van der Waals surface area contributed by atoms with E-state index in [4.69, 9.17) is 0 Å². The highest BCUT2D eigenvalue weighted by Crippen LogP contribution is 2.51.